The number of para-hydroxylation sites is 1. The molecule has 4 rings (SSSR count). The number of benzene rings is 1. The normalized spacial score (nSPS) is 13.3. The number of hydrogen-bond donors (Lipinski definition) is 0. The first kappa shape index (κ1) is 13.7. The summed E-state index contributed by atoms with van der Waals surface area (Å²) >= 11 is 0. The molecule has 3 aromatic rings. The van der Waals surface area contributed by atoms with E-state index in [2.05, 4.69) is 0 Å². The number of nitrogens with zero attached hydrogens (tertiary/aromatic N) is 2. The minimum atomic E-state index is -0.299. The Morgan fingerprint density at radius 3 is 2.48 bits per heavy atom. The number of aromatic nitrogens is 2. The van der Waals surface area contributed by atoms with E-state index in [-0.39, 0.29) is 22.7 Å². The topological polar surface area (TPSA) is 61.1 Å². The summed E-state index contributed by atoms with van der Waals surface area (Å²) in [5.74, 6) is -0.459. The molecule has 0 aliphatic heterocycles. The predicted octanol–water partition coefficient (Wildman–Crippen LogP) is 2.14. The molecule has 0 amide bonds. The quantitative estimate of drug-likeness (QED) is 0.541. The van der Waals surface area contributed by atoms with Gasteiger partial charge < -0.3 is 9.13 Å². The van der Waals surface area contributed by atoms with E-state index in [1.165, 1.54) is 16.8 Å². The number of pyridine rings is 1. The lowest BCUT2D eigenvalue weighted by atomic mass is 9.88. The lowest BCUT2D eigenvalue weighted by Crippen LogP contribution is -2.28. The zero-order chi connectivity index (χ0) is 16.3. The number of carbonyl (C=O) groups is 2. The summed E-state index contributed by atoms with van der Waals surface area (Å²) in [6, 6.07) is 8.74. The molecule has 0 fully saturated rings. The highest BCUT2D eigenvalue weighted by Gasteiger charge is 2.35. The lowest BCUT2D eigenvalue weighted by molar-refractivity contribution is 0.0973. The smallest absolute Gasteiger partial charge is 0.251 e. The Labute approximate surface area is 131 Å². The van der Waals surface area contributed by atoms with Crippen LogP contribution in [0.1, 0.15) is 38.9 Å². The summed E-state index contributed by atoms with van der Waals surface area (Å²) in [6.45, 7) is 2.54. The average molecular weight is 306 g/mol. The number of rotatable bonds is 1. The van der Waals surface area contributed by atoms with Crippen LogP contribution in [0.2, 0.25) is 0 Å². The predicted molar refractivity (Wildman–Crippen MR) is 86.2 cm³/mol. The fourth-order valence-corrected chi connectivity index (χ4v) is 3.36. The second kappa shape index (κ2) is 4.52. The molecule has 1 aliphatic rings. The lowest BCUT2D eigenvalue weighted by Gasteiger charge is -2.17. The second-order valence-corrected chi connectivity index (χ2v) is 5.69. The summed E-state index contributed by atoms with van der Waals surface area (Å²) in [5, 5.41) is 0.758. The molecule has 0 saturated heterocycles. The molecule has 5 heteroatoms. The Balaban J connectivity index is 2.16. The third-order valence-corrected chi connectivity index (χ3v) is 4.45. The average Bonchev–Trinajstić information content (AvgIpc) is 2.89. The van der Waals surface area contributed by atoms with Crippen LogP contribution in [0.3, 0.4) is 0 Å². The summed E-state index contributed by atoms with van der Waals surface area (Å²) < 4.78 is 3.20. The highest BCUT2D eigenvalue weighted by Crippen LogP contribution is 2.34. The molecule has 0 bridgehead atoms. The van der Waals surface area contributed by atoms with Gasteiger partial charge in [-0.05, 0) is 13.0 Å². The van der Waals surface area contributed by atoms with Crippen LogP contribution in [0, 0.1) is 0 Å². The van der Waals surface area contributed by atoms with Crippen molar-refractivity contribution in [2.75, 3.05) is 0 Å². The van der Waals surface area contributed by atoms with Crippen molar-refractivity contribution >= 4 is 22.5 Å². The maximum atomic E-state index is 13.0. The molecule has 1 aliphatic carbocycles. The third kappa shape index (κ3) is 1.64. The van der Waals surface area contributed by atoms with Crippen LogP contribution in [0.4, 0.5) is 0 Å². The first-order valence-electron chi connectivity index (χ1n) is 7.46. The van der Waals surface area contributed by atoms with Gasteiger partial charge in [0, 0.05) is 42.3 Å². The third-order valence-electron chi connectivity index (χ3n) is 4.45. The second-order valence-electron chi connectivity index (χ2n) is 5.69. The standard InChI is InChI=1S/C18H14N2O3/c1-3-20-13-7-5-4-6-10(13)15-16(20)18(23)12-9-19(2)14(21)8-11(12)17(15)22/h4-9H,3H2,1-2H3. The van der Waals surface area contributed by atoms with Crippen molar-refractivity contribution in [2.24, 2.45) is 7.05 Å². The van der Waals surface area contributed by atoms with Gasteiger partial charge in [0.1, 0.15) is 5.69 Å². The van der Waals surface area contributed by atoms with Gasteiger partial charge in [-0.3, -0.25) is 14.4 Å². The van der Waals surface area contributed by atoms with Crippen molar-refractivity contribution < 1.29 is 9.59 Å². The van der Waals surface area contributed by atoms with Crippen LogP contribution in [0.25, 0.3) is 10.9 Å². The number of carbonyl (C=O) groups excluding carboxylic acids is 2. The fraction of sp³-hybridized carbons (Fsp3) is 0.167. The first-order valence-corrected chi connectivity index (χ1v) is 7.46. The van der Waals surface area contributed by atoms with E-state index in [0.29, 0.717) is 23.4 Å². The van der Waals surface area contributed by atoms with Crippen LogP contribution in [0.15, 0.2) is 41.3 Å². The van der Waals surface area contributed by atoms with Gasteiger partial charge in [0.25, 0.3) is 5.56 Å². The molecule has 5 nitrogen and oxygen atoms in total. The number of ketones is 2. The SMILES string of the molecule is CCn1c2c(c3ccccc31)C(=O)c1cc(=O)n(C)cc1C2=O. The van der Waals surface area contributed by atoms with Crippen LogP contribution >= 0.6 is 0 Å². The molecule has 2 aromatic heterocycles. The maximum absolute atomic E-state index is 13.0. The van der Waals surface area contributed by atoms with E-state index in [0.717, 1.165) is 10.9 Å². The summed E-state index contributed by atoms with van der Waals surface area (Å²) in [7, 11) is 1.57. The van der Waals surface area contributed by atoms with E-state index >= 15 is 0 Å². The summed E-state index contributed by atoms with van der Waals surface area (Å²) in [5.41, 5.74) is 1.89. The van der Waals surface area contributed by atoms with Crippen molar-refractivity contribution in [3.8, 4) is 0 Å². The molecule has 23 heavy (non-hydrogen) atoms. The highest BCUT2D eigenvalue weighted by molar-refractivity contribution is 6.32. The van der Waals surface area contributed by atoms with Crippen molar-refractivity contribution in [3.63, 3.8) is 0 Å². The number of fused-ring (bicyclic) bond motifs is 4. The Bertz CT molecular complexity index is 1070. The summed E-state index contributed by atoms with van der Waals surface area (Å²) in [6.07, 6.45) is 1.46. The molecule has 0 radical (unpaired) electrons. The highest BCUT2D eigenvalue weighted by atomic mass is 16.1. The zero-order valence-corrected chi connectivity index (χ0v) is 12.8. The van der Waals surface area contributed by atoms with Gasteiger partial charge in [-0.25, -0.2) is 0 Å². The van der Waals surface area contributed by atoms with Gasteiger partial charge in [0.15, 0.2) is 5.78 Å². The van der Waals surface area contributed by atoms with E-state index in [1.54, 1.807) is 7.05 Å². The first-order chi connectivity index (χ1) is 11.0. The molecule has 1 aromatic carbocycles. The molecule has 0 N–H and O–H groups in total. The van der Waals surface area contributed by atoms with Crippen molar-refractivity contribution in [3.05, 3.63) is 69.3 Å². The van der Waals surface area contributed by atoms with Gasteiger partial charge in [-0.1, -0.05) is 18.2 Å². The zero-order valence-electron chi connectivity index (χ0n) is 12.8. The van der Waals surface area contributed by atoms with Crippen molar-refractivity contribution in [1.29, 1.82) is 0 Å². The van der Waals surface area contributed by atoms with E-state index < -0.39 is 0 Å². The maximum Gasteiger partial charge on any atom is 0.251 e. The van der Waals surface area contributed by atoms with Crippen molar-refractivity contribution in [1.82, 2.24) is 9.13 Å². The minimum Gasteiger partial charge on any atom is -0.337 e. The van der Waals surface area contributed by atoms with Crippen molar-refractivity contribution in [2.45, 2.75) is 13.5 Å². The number of aryl methyl sites for hydroxylation is 2. The van der Waals surface area contributed by atoms with Gasteiger partial charge in [-0.2, -0.15) is 0 Å². The Kier molecular flexibility index (Phi) is 2.69. The Morgan fingerprint density at radius 2 is 1.74 bits per heavy atom. The van der Waals surface area contributed by atoms with Gasteiger partial charge in [-0.15, -0.1) is 0 Å². The van der Waals surface area contributed by atoms with E-state index in [1.807, 2.05) is 35.8 Å². The van der Waals surface area contributed by atoms with Gasteiger partial charge in [0.05, 0.1) is 11.1 Å². The molecule has 0 atom stereocenters. The fourth-order valence-electron chi connectivity index (χ4n) is 3.36. The number of hydrogen-bond acceptors (Lipinski definition) is 3. The monoisotopic (exact) mass is 306 g/mol. The molecule has 0 unspecified atom stereocenters. The largest absolute Gasteiger partial charge is 0.337 e. The van der Waals surface area contributed by atoms with Crippen LogP contribution in [-0.4, -0.2) is 20.7 Å². The van der Waals surface area contributed by atoms with Crippen LogP contribution < -0.4 is 5.56 Å². The summed E-state index contributed by atoms with van der Waals surface area (Å²) in [4.78, 5) is 37.8. The molecule has 0 saturated carbocycles. The van der Waals surface area contributed by atoms with Crippen LogP contribution in [0.5, 0.6) is 0 Å². The molecule has 0 spiro atoms. The van der Waals surface area contributed by atoms with E-state index in [4.69, 9.17) is 0 Å². The Hall–Kier alpha value is -2.95. The van der Waals surface area contributed by atoms with Crippen LogP contribution in [-0.2, 0) is 13.6 Å². The molecular weight excluding hydrogens is 292 g/mol. The van der Waals surface area contributed by atoms with E-state index in [9.17, 15) is 14.4 Å². The van der Waals surface area contributed by atoms with Gasteiger partial charge >= 0.3 is 0 Å². The molecule has 114 valence electrons. The minimum absolute atomic E-state index is 0.199. The molecule has 2 heterocycles. The Morgan fingerprint density at radius 1 is 1.00 bits per heavy atom. The van der Waals surface area contributed by atoms with Gasteiger partial charge in [0.2, 0.25) is 5.78 Å². The molecular formula is C18H14N2O3.